The van der Waals surface area contributed by atoms with Gasteiger partial charge >= 0.3 is 0 Å². The largest absolute Gasteiger partial charge is 0.507 e. The van der Waals surface area contributed by atoms with E-state index >= 15 is 0 Å². The quantitative estimate of drug-likeness (QED) is 0.774. The summed E-state index contributed by atoms with van der Waals surface area (Å²) in [7, 11) is 1.52. The molecule has 0 heterocycles. The molecule has 0 radical (unpaired) electrons. The standard InChI is InChI=1S/C16H24N2O3/c1-21-13-6-7-14(15(19)8-13)16(20)18-10-12-5-3-2-4-11(12)9-17/h6-8,11-12,19H,2-5,9-10,17H2,1H3,(H,18,20). The maximum Gasteiger partial charge on any atom is 0.255 e. The molecule has 2 rings (SSSR count). The molecule has 4 N–H and O–H groups in total. The summed E-state index contributed by atoms with van der Waals surface area (Å²) >= 11 is 0. The van der Waals surface area contributed by atoms with Crippen LogP contribution in [0, 0.1) is 11.8 Å². The minimum Gasteiger partial charge on any atom is -0.507 e. The highest BCUT2D eigenvalue weighted by Crippen LogP contribution is 2.29. The molecule has 1 aromatic rings. The maximum absolute atomic E-state index is 12.2. The lowest BCUT2D eigenvalue weighted by Crippen LogP contribution is -2.36. The van der Waals surface area contributed by atoms with Crippen LogP contribution < -0.4 is 15.8 Å². The third-order valence-electron chi connectivity index (χ3n) is 4.34. The number of hydrogen-bond acceptors (Lipinski definition) is 4. The summed E-state index contributed by atoms with van der Waals surface area (Å²) in [6.07, 6.45) is 4.68. The first-order chi connectivity index (χ1) is 10.2. The SMILES string of the molecule is COc1ccc(C(=O)NCC2CCCCC2CN)c(O)c1. The van der Waals surface area contributed by atoms with Gasteiger partial charge in [0, 0.05) is 12.6 Å². The van der Waals surface area contributed by atoms with Crippen LogP contribution in [0.3, 0.4) is 0 Å². The Labute approximate surface area is 125 Å². The molecule has 1 aromatic carbocycles. The summed E-state index contributed by atoms with van der Waals surface area (Å²) in [5, 5.41) is 12.8. The van der Waals surface area contributed by atoms with Crippen molar-refractivity contribution < 1.29 is 14.6 Å². The molecule has 2 unspecified atom stereocenters. The molecule has 1 fully saturated rings. The van der Waals surface area contributed by atoms with E-state index < -0.39 is 0 Å². The molecule has 1 saturated carbocycles. The van der Waals surface area contributed by atoms with Gasteiger partial charge in [0.15, 0.2) is 0 Å². The van der Waals surface area contributed by atoms with E-state index in [0.29, 0.717) is 30.7 Å². The number of nitrogens with two attached hydrogens (primary N) is 1. The number of nitrogens with one attached hydrogen (secondary N) is 1. The number of benzene rings is 1. The molecule has 5 nitrogen and oxygen atoms in total. The van der Waals surface area contributed by atoms with E-state index in [1.165, 1.54) is 26.0 Å². The highest BCUT2D eigenvalue weighted by molar-refractivity contribution is 5.97. The van der Waals surface area contributed by atoms with E-state index in [0.717, 1.165) is 12.8 Å². The van der Waals surface area contributed by atoms with E-state index in [1.807, 2.05) is 0 Å². The molecule has 0 aliphatic heterocycles. The van der Waals surface area contributed by atoms with E-state index in [9.17, 15) is 9.90 Å². The van der Waals surface area contributed by atoms with Gasteiger partial charge in [-0.1, -0.05) is 12.8 Å². The molecule has 1 aliphatic rings. The Morgan fingerprint density at radius 3 is 2.71 bits per heavy atom. The van der Waals surface area contributed by atoms with Crippen molar-refractivity contribution in [3.05, 3.63) is 23.8 Å². The number of aromatic hydroxyl groups is 1. The zero-order valence-electron chi connectivity index (χ0n) is 12.5. The van der Waals surface area contributed by atoms with Crippen molar-refractivity contribution >= 4 is 5.91 Å². The number of phenols is 1. The van der Waals surface area contributed by atoms with Crippen molar-refractivity contribution in [1.82, 2.24) is 5.32 Å². The Morgan fingerprint density at radius 2 is 2.10 bits per heavy atom. The number of hydrogen-bond donors (Lipinski definition) is 3. The van der Waals surface area contributed by atoms with Crippen molar-refractivity contribution in [2.75, 3.05) is 20.2 Å². The zero-order chi connectivity index (χ0) is 15.2. The van der Waals surface area contributed by atoms with Crippen LogP contribution in [0.15, 0.2) is 18.2 Å². The van der Waals surface area contributed by atoms with Gasteiger partial charge in [0.25, 0.3) is 5.91 Å². The Hall–Kier alpha value is -1.75. The van der Waals surface area contributed by atoms with E-state index in [2.05, 4.69) is 5.32 Å². The molecule has 0 bridgehead atoms. The van der Waals surface area contributed by atoms with Crippen LogP contribution in [0.2, 0.25) is 0 Å². The molecule has 2 atom stereocenters. The molecule has 1 aliphatic carbocycles. The normalized spacial score (nSPS) is 21.8. The summed E-state index contributed by atoms with van der Waals surface area (Å²) < 4.78 is 5.01. The number of ether oxygens (including phenoxy) is 1. The lowest BCUT2D eigenvalue weighted by atomic mass is 9.79. The van der Waals surface area contributed by atoms with E-state index in [4.69, 9.17) is 10.5 Å². The topological polar surface area (TPSA) is 84.6 Å². The summed E-state index contributed by atoms with van der Waals surface area (Å²) in [6.45, 7) is 1.29. The Bertz CT molecular complexity index is 490. The molecule has 0 aromatic heterocycles. The van der Waals surface area contributed by atoms with Crippen molar-refractivity contribution in [3.8, 4) is 11.5 Å². The molecule has 1 amide bonds. The predicted molar refractivity (Wildman–Crippen MR) is 81.5 cm³/mol. The first-order valence-electron chi connectivity index (χ1n) is 7.51. The van der Waals surface area contributed by atoms with Crippen LogP contribution in [0.1, 0.15) is 36.0 Å². The van der Waals surface area contributed by atoms with Crippen LogP contribution in [-0.2, 0) is 0 Å². The molecular formula is C16H24N2O3. The smallest absolute Gasteiger partial charge is 0.255 e. The summed E-state index contributed by atoms with van der Waals surface area (Å²) in [4.78, 5) is 12.2. The third-order valence-corrected chi connectivity index (χ3v) is 4.34. The van der Waals surface area contributed by atoms with Gasteiger partial charge in [0.2, 0.25) is 0 Å². The average Bonchev–Trinajstić information content (AvgIpc) is 2.52. The number of carbonyl (C=O) groups excluding carboxylic acids is 1. The average molecular weight is 292 g/mol. The Kier molecular flexibility index (Phi) is 5.44. The minimum atomic E-state index is -0.253. The summed E-state index contributed by atoms with van der Waals surface area (Å²) in [5.41, 5.74) is 6.07. The zero-order valence-corrected chi connectivity index (χ0v) is 12.5. The first-order valence-corrected chi connectivity index (χ1v) is 7.51. The lowest BCUT2D eigenvalue weighted by Gasteiger charge is -2.30. The van der Waals surface area contributed by atoms with Crippen LogP contribution >= 0.6 is 0 Å². The summed E-state index contributed by atoms with van der Waals surface area (Å²) in [5.74, 6) is 1.14. The second kappa shape index (κ2) is 7.31. The molecular weight excluding hydrogens is 268 g/mol. The van der Waals surface area contributed by atoms with Crippen molar-refractivity contribution in [2.24, 2.45) is 17.6 Å². The molecule has 21 heavy (non-hydrogen) atoms. The van der Waals surface area contributed by atoms with Gasteiger partial charge in [-0.25, -0.2) is 0 Å². The number of rotatable bonds is 5. The second-order valence-corrected chi connectivity index (χ2v) is 5.63. The first kappa shape index (κ1) is 15.6. The monoisotopic (exact) mass is 292 g/mol. The lowest BCUT2D eigenvalue weighted by molar-refractivity contribution is 0.0932. The molecule has 5 heteroatoms. The van der Waals surface area contributed by atoms with Gasteiger partial charge in [0.05, 0.1) is 12.7 Å². The number of methoxy groups -OCH3 is 1. The number of carbonyl (C=O) groups is 1. The Morgan fingerprint density at radius 1 is 1.38 bits per heavy atom. The predicted octanol–water partition coefficient (Wildman–Crippen LogP) is 1.90. The fourth-order valence-electron chi connectivity index (χ4n) is 3.01. The fourth-order valence-corrected chi connectivity index (χ4v) is 3.01. The van der Waals surface area contributed by atoms with Crippen LogP contribution in [-0.4, -0.2) is 31.2 Å². The second-order valence-electron chi connectivity index (χ2n) is 5.63. The van der Waals surface area contributed by atoms with Crippen LogP contribution in [0.25, 0.3) is 0 Å². The van der Waals surface area contributed by atoms with Gasteiger partial charge in [0.1, 0.15) is 11.5 Å². The Balaban J connectivity index is 1.95. The number of phenolic OH excluding ortho intramolecular Hbond substituents is 1. The van der Waals surface area contributed by atoms with Gasteiger partial charge in [-0.3, -0.25) is 4.79 Å². The third kappa shape index (κ3) is 3.88. The minimum absolute atomic E-state index is 0.0640. The molecule has 0 saturated heterocycles. The van der Waals surface area contributed by atoms with Crippen LogP contribution in [0.4, 0.5) is 0 Å². The maximum atomic E-state index is 12.2. The number of amides is 1. The van der Waals surface area contributed by atoms with E-state index in [-0.39, 0.29) is 17.2 Å². The van der Waals surface area contributed by atoms with Gasteiger partial charge in [-0.15, -0.1) is 0 Å². The van der Waals surface area contributed by atoms with Gasteiger partial charge in [-0.05, 0) is 43.4 Å². The van der Waals surface area contributed by atoms with Gasteiger partial charge in [-0.2, -0.15) is 0 Å². The summed E-state index contributed by atoms with van der Waals surface area (Å²) in [6, 6.07) is 4.68. The molecule has 0 spiro atoms. The highest BCUT2D eigenvalue weighted by atomic mass is 16.5. The van der Waals surface area contributed by atoms with E-state index in [1.54, 1.807) is 12.1 Å². The highest BCUT2D eigenvalue weighted by Gasteiger charge is 2.24. The van der Waals surface area contributed by atoms with Crippen LogP contribution in [0.5, 0.6) is 11.5 Å². The van der Waals surface area contributed by atoms with Crippen molar-refractivity contribution in [1.29, 1.82) is 0 Å². The fraction of sp³-hybridized carbons (Fsp3) is 0.562. The van der Waals surface area contributed by atoms with Gasteiger partial charge < -0.3 is 20.9 Å². The van der Waals surface area contributed by atoms with Crippen molar-refractivity contribution in [3.63, 3.8) is 0 Å². The molecule has 116 valence electrons. The van der Waals surface area contributed by atoms with Crippen molar-refractivity contribution in [2.45, 2.75) is 25.7 Å².